The zero-order chi connectivity index (χ0) is 21.0. The van der Waals surface area contributed by atoms with Crippen molar-refractivity contribution in [3.8, 4) is 0 Å². The van der Waals surface area contributed by atoms with Gasteiger partial charge in [-0.25, -0.2) is 0 Å². The molecule has 0 fully saturated rings. The van der Waals surface area contributed by atoms with E-state index >= 15 is 0 Å². The lowest BCUT2D eigenvalue weighted by molar-refractivity contribution is -0.128. The predicted molar refractivity (Wildman–Crippen MR) is 112 cm³/mol. The van der Waals surface area contributed by atoms with Gasteiger partial charge in [0, 0.05) is 12.1 Å². The van der Waals surface area contributed by atoms with Gasteiger partial charge < -0.3 is 11.1 Å². The Morgan fingerprint density at radius 2 is 1.59 bits per heavy atom. The standard InChI is InChI=1S/C23H26N4O2/c1-15-16(2)26-27(17(15)3)21(19-12-8-5-9-13-19)23(29)25-20(22(24)28)14-18-10-6-4-7-11-18/h4-13,20-21H,14H2,1-3H3,(H2,24,28)(H,25,29). The highest BCUT2D eigenvalue weighted by molar-refractivity contribution is 5.90. The van der Waals surface area contributed by atoms with Crippen molar-refractivity contribution in [2.24, 2.45) is 5.73 Å². The van der Waals surface area contributed by atoms with Crippen molar-refractivity contribution in [2.75, 3.05) is 0 Å². The van der Waals surface area contributed by atoms with Gasteiger partial charge in [-0.15, -0.1) is 0 Å². The van der Waals surface area contributed by atoms with Crippen molar-refractivity contribution in [2.45, 2.75) is 39.3 Å². The predicted octanol–water partition coefficient (Wildman–Crippen LogP) is 2.61. The number of nitrogens with zero attached hydrogens (tertiary/aromatic N) is 2. The second-order valence-electron chi connectivity index (χ2n) is 7.21. The molecule has 0 saturated carbocycles. The molecule has 6 nitrogen and oxygen atoms in total. The van der Waals surface area contributed by atoms with Gasteiger partial charge in [0.2, 0.25) is 11.8 Å². The number of nitrogens with one attached hydrogen (secondary N) is 1. The minimum atomic E-state index is -0.811. The Hall–Kier alpha value is -3.41. The summed E-state index contributed by atoms with van der Waals surface area (Å²) in [5, 5.41) is 7.43. The third kappa shape index (κ3) is 4.54. The molecular formula is C23H26N4O2. The summed E-state index contributed by atoms with van der Waals surface area (Å²) in [7, 11) is 0. The summed E-state index contributed by atoms with van der Waals surface area (Å²) < 4.78 is 1.72. The number of amides is 2. The molecule has 3 rings (SSSR count). The number of primary amides is 1. The summed E-state index contributed by atoms with van der Waals surface area (Å²) in [4.78, 5) is 25.4. The van der Waals surface area contributed by atoms with Crippen molar-refractivity contribution >= 4 is 11.8 Å². The van der Waals surface area contributed by atoms with E-state index in [1.54, 1.807) is 4.68 Å². The van der Waals surface area contributed by atoms with Gasteiger partial charge in [-0.05, 0) is 37.5 Å². The molecule has 2 unspecified atom stereocenters. The average molecular weight is 390 g/mol. The van der Waals surface area contributed by atoms with Crippen LogP contribution in [-0.4, -0.2) is 27.6 Å². The minimum absolute atomic E-state index is 0.318. The van der Waals surface area contributed by atoms with Crippen LogP contribution in [0.25, 0.3) is 0 Å². The molecule has 0 aliphatic heterocycles. The van der Waals surface area contributed by atoms with Crippen LogP contribution in [0.15, 0.2) is 60.7 Å². The minimum Gasteiger partial charge on any atom is -0.368 e. The molecule has 3 N–H and O–H groups in total. The summed E-state index contributed by atoms with van der Waals surface area (Å²) in [5.74, 6) is -0.889. The molecule has 2 atom stereocenters. The number of hydrogen-bond donors (Lipinski definition) is 2. The molecule has 0 saturated heterocycles. The number of rotatable bonds is 7. The number of benzene rings is 2. The van der Waals surface area contributed by atoms with Crippen LogP contribution < -0.4 is 11.1 Å². The summed E-state index contributed by atoms with van der Waals surface area (Å²) in [6.07, 6.45) is 0.333. The van der Waals surface area contributed by atoms with E-state index in [2.05, 4.69) is 10.4 Å². The van der Waals surface area contributed by atoms with E-state index < -0.39 is 18.0 Å². The van der Waals surface area contributed by atoms with Gasteiger partial charge >= 0.3 is 0 Å². The van der Waals surface area contributed by atoms with Crippen molar-refractivity contribution < 1.29 is 9.59 Å². The van der Waals surface area contributed by atoms with E-state index in [-0.39, 0.29) is 5.91 Å². The number of carbonyl (C=O) groups is 2. The number of aromatic nitrogens is 2. The molecule has 3 aromatic rings. The van der Waals surface area contributed by atoms with Gasteiger partial charge in [0.15, 0.2) is 6.04 Å². The lowest BCUT2D eigenvalue weighted by Crippen LogP contribution is -2.48. The maximum atomic E-state index is 13.3. The van der Waals surface area contributed by atoms with Crippen LogP contribution in [0, 0.1) is 20.8 Å². The van der Waals surface area contributed by atoms with Crippen molar-refractivity contribution in [3.63, 3.8) is 0 Å². The van der Waals surface area contributed by atoms with Crippen molar-refractivity contribution in [1.82, 2.24) is 15.1 Å². The van der Waals surface area contributed by atoms with Gasteiger partial charge in [0.05, 0.1) is 5.69 Å². The molecule has 2 amide bonds. The lowest BCUT2D eigenvalue weighted by Gasteiger charge is -2.23. The third-order valence-corrected chi connectivity index (χ3v) is 5.24. The summed E-state index contributed by atoms with van der Waals surface area (Å²) >= 11 is 0. The molecule has 0 radical (unpaired) electrons. The van der Waals surface area contributed by atoms with Crippen LogP contribution in [0.1, 0.15) is 34.1 Å². The zero-order valence-corrected chi connectivity index (χ0v) is 16.9. The average Bonchev–Trinajstić information content (AvgIpc) is 2.96. The fourth-order valence-electron chi connectivity index (χ4n) is 3.36. The van der Waals surface area contributed by atoms with Gasteiger partial charge in [0.25, 0.3) is 0 Å². The van der Waals surface area contributed by atoms with E-state index in [0.717, 1.165) is 28.1 Å². The zero-order valence-electron chi connectivity index (χ0n) is 16.9. The quantitative estimate of drug-likeness (QED) is 0.650. The van der Waals surface area contributed by atoms with Gasteiger partial charge in [-0.3, -0.25) is 14.3 Å². The molecule has 0 spiro atoms. The van der Waals surface area contributed by atoms with E-state index in [1.807, 2.05) is 81.4 Å². The Labute approximate surface area is 170 Å². The largest absolute Gasteiger partial charge is 0.368 e. The van der Waals surface area contributed by atoms with Crippen molar-refractivity contribution in [3.05, 3.63) is 88.7 Å². The van der Waals surface area contributed by atoms with E-state index in [9.17, 15) is 9.59 Å². The Morgan fingerprint density at radius 3 is 2.10 bits per heavy atom. The Morgan fingerprint density at radius 1 is 1.00 bits per heavy atom. The first kappa shape index (κ1) is 20.3. The number of hydrogen-bond acceptors (Lipinski definition) is 3. The fourth-order valence-corrected chi connectivity index (χ4v) is 3.36. The first-order valence-electron chi connectivity index (χ1n) is 9.59. The molecule has 1 aromatic heterocycles. The lowest BCUT2D eigenvalue weighted by atomic mass is 10.0. The van der Waals surface area contributed by atoms with E-state index in [4.69, 9.17) is 5.73 Å². The molecular weight excluding hydrogens is 364 g/mol. The summed E-state index contributed by atoms with van der Waals surface area (Å²) in [6.45, 7) is 5.84. The van der Waals surface area contributed by atoms with Crippen LogP contribution in [0.4, 0.5) is 0 Å². The van der Waals surface area contributed by atoms with Crippen LogP contribution in [0.3, 0.4) is 0 Å². The smallest absolute Gasteiger partial charge is 0.250 e. The Kier molecular flexibility index (Phi) is 6.12. The Balaban J connectivity index is 1.93. The van der Waals surface area contributed by atoms with Crippen LogP contribution in [0.2, 0.25) is 0 Å². The van der Waals surface area contributed by atoms with Crippen LogP contribution in [0.5, 0.6) is 0 Å². The van der Waals surface area contributed by atoms with Gasteiger partial charge in [-0.2, -0.15) is 5.10 Å². The molecule has 1 heterocycles. The molecule has 0 aliphatic rings. The number of aryl methyl sites for hydroxylation is 1. The highest BCUT2D eigenvalue weighted by Crippen LogP contribution is 2.23. The molecule has 150 valence electrons. The Bertz CT molecular complexity index is 996. The maximum Gasteiger partial charge on any atom is 0.250 e. The van der Waals surface area contributed by atoms with E-state index in [0.29, 0.717) is 6.42 Å². The van der Waals surface area contributed by atoms with Crippen LogP contribution in [-0.2, 0) is 16.0 Å². The summed E-state index contributed by atoms with van der Waals surface area (Å²) in [6, 6.07) is 17.4. The number of carbonyl (C=O) groups excluding carboxylic acids is 2. The van der Waals surface area contributed by atoms with E-state index in [1.165, 1.54) is 0 Å². The molecule has 6 heteroatoms. The molecule has 2 aromatic carbocycles. The third-order valence-electron chi connectivity index (χ3n) is 5.24. The highest BCUT2D eigenvalue weighted by Gasteiger charge is 2.29. The normalized spacial score (nSPS) is 12.9. The van der Waals surface area contributed by atoms with Gasteiger partial charge in [-0.1, -0.05) is 60.7 Å². The first-order chi connectivity index (χ1) is 13.9. The second kappa shape index (κ2) is 8.73. The summed E-state index contributed by atoms with van der Waals surface area (Å²) in [5.41, 5.74) is 10.1. The monoisotopic (exact) mass is 390 g/mol. The fraction of sp³-hybridized carbons (Fsp3) is 0.261. The van der Waals surface area contributed by atoms with Crippen molar-refractivity contribution in [1.29, 1.82) is 0 Å². The second-order valence-corrected chi connectivity index (χ2v) is 7.21. The molecule has 29 heavy (non-hydrogen) atoms. The highest BCUT2D eigenvalue weighted by atomic mass is 16.2. The number of nitrogens with two attached hydrogens (primary N) is 1. The SMILES string of the molecule is Cc1nn(C(C(=O)NC(Cc2ccccc2)C(N)=O)c2ccccc2)c(C)c1C. The van der Waals surface area contributed by atoms with Gasteiger partial charge in [0.1, 0.15) is 6.04 Å². The molecule has 0 bridgehead atoms. The van der Waals surface area contributed by atoms with Crippen LogP contribution >= 0.6 is 0 Å². The first-order valence-corrected chi connectivity index (χ1v) is 9.59. The molecule has 0 aliphatic carbocycles. The topological polar surface area (TPSA) is 90.0 Å². The maximum absolute atomic E-state index is 13.3.